The number of hydrogen-bond donors (Lipinski definition) is 2. The zero-order valence-electron chi connectivity index (χ0n) is 13.3. The summed E-state index contributed by atoms with van der Waals surface area (Å²) in [6.07, 6.45) is 6.04. The van der Waals surface area contributed by atoms with E-state index in [0.717, 1.165) is 45.2 Å². The summed E-state index contributed by atoms with van der Waals surface area (Å²) in [5.41, 5.74) is 0.814. The smallest absolute Gasteiger partial charge is 0.147 e. The van der Waals surface area contributed by atoms with E-state index < -0.39 is 0 Å². The molecule has 1 saturated carbocycles. The van der Waals surface area contributed by atoms with E-state index in [0.29, 0.717) is 17.3 Å². The molecule has 0 spiro atoms. The third kappa shape index (κ3) is 3.82. The minimum atomic E-state index is -0.366. The highest BCUT2D eigenvalue weighted by Gasteiger charge is 2.31. The first kappa shape index (κ1) is 16.2. The van der Waals surface area contributed by atoms with Crippen molar-refractivity contribution in [2.45, 2.75) is 56.7 Å². The first-order chi connectivity index (χ1) is 11.2. The van der Waals surface area contributed by atoms with E-state index in [2.05, 4.69) is 10.2 Å². The fraction of sp³-hybridized carbons (Fsp3) is 0.611. The van der Waals surface area contributed by atoms with E-state index in [1.807, 2.05) is 6.07 Å². The number of anilines is 1. The number of piperidine rings is 1. The van der Waals surface area contributed by atoms with Crippen molar-refractivity contribution in [3.05, 3.63) is 29.6 Å². The Balaban J connectivity index is 1.54. The van der Waals surface area contributed by atoms with Crippen molar-refractivity contribution in [2.75, 3.05) is 18.4 Å². The van der Waals surface area contributed by atoms with Crippen LogP contribution in [0.2, 0.25) is 0 Å². The molecule has 1 aromatic carbocycles. The molecule has 0 aromatic heterocycles. The predicted octanol–water partition coefficient (Wildman–Crippen LogP) is 2.88. The Hall–Kier alpha value is -1.64. The third-order valence-corrected chi connectivity index (χ3v) is 5.15. The molecule has 0 amide bonds. The van der Waals surface area contributed by atoms with E-state index in [-0.39, 0.29) is 18.0 Å². The molecule has 3 rings (SSSR count). The van der Waals surface area contributed by atoms with Crippen LogP contribution in [0.15, 0.2) is 18.2 Å². The van der Waals surface area contributed by atoms with E-state index in [1.54, 1.807) is 12.1 Å². The first-order valence-electron chi connectivity index (χ1n) is 8.55. The number of aliphatic hydroxyl groups is 1. The lowest BCUT2D eigenvalue weighted by atomic mass is 9.89. The average Bonchev–Trinajstić information content (AvgIpc) is 2.58. The van der Waals surface area contributed by atoms with Gasteiger partial charge in [-0.1, -0.05) is 12.8 Å². The van der Waals surface area contributed by atoms with Crippen molar-refractivity contribution in [2.24, 2.45) is 0 Å². The van der Waals surface area contributed by atoms with E-state index in [4.69, 9.17) is 5.26 Å². The van der Waals surface area contributed by atoms with Crippen LogP contribution in [0.4, 0.5) is 10.1 Å². The monoisotopic (exact) mass is 317 g/mol. The highest BCUT2D eigenvalue weighted by atomic mass is 19.1. The lowest BCUT2D eigenvalue weighted by Gasteiger charge is -2.41. The summed E-state index contributed by atoms with van der Waals surface area (Å²) in [4.78, 5) is 2.40. The van der Waals surface area contributed by atoms with Gasteiger partial charge in [0.05, 0.1) is 23.4 Å². The Morgan fingerprint density at radius 3 is 2.57 bits per heavy atom. The fourth-order valence-corrected chi connectivity index (χ4v) is 3.81. The van der Waals surface area contributed by atoms with Gasteiger partial charge in [-0.3, -0.25) is 4.90 Å². The Morgan fingerprint density at radius 1 is 1.17 bits per heavy atom. The SMILES string of the molecule is N#Cc1ccc(NC2CCN(C3CCCCC3O)CC2)c(F)c1. The number of nitrogens with zero attached hydrogens (tertiary/aromatic N) is 2. The molecule has 0 radical (unpaired) electrons. The van der Waals surface area contributed by atoms with Crippen LogP contribution >= 0.6 is 0 Å². The minimum Gasteiger partial charge on any atom is -0.391 e. The van der Waals surface area contributed by atoms with Gasteiger partial charge in [0.1, 0.15) is 5.82 Å². The van der Waals surface area contributed by atoms with E-state index in [1.165, 1.54) is 12.5 Å². The molecule has 124 valence electrons. The summed E-state index contributed by atoms with van der Waals surface area (Å²) in [6, 6.07) is 7.05. The molecule has 0 bridgehead atoms. The van der Waals surface area contributed by atoms with Crippen molar-refractivity contribution >= 4 is 5.69 Å². The standard InChI is InChI=1S/C18H24FN3O/c19-15-11-13(12-20)5-6-16(15)21-14-7-9-22(10-8-14)17-3-1-2-4-18(17)23/h5-6,11,14,17-18,21,23H,1-4,7-10H2. The number of nitrogens with one attached hydrogen (secondary N) is 1. The second-order valence-corrected chi connectivity index (χ2v) is 6.68. The largest absolute Gasteiger partial charge is 0.391 e. The van der Waals surface area contributed by atoms with Crippen LogP contribution in [0.3, 0.4) is 0 Å². The summed E-state index contributed by atoms with van der Waals surface area (Å²) in [5, 5.41) is 22.2. The Kier molecular flexibility index (Phi) is 5.14. The van der Waals surface area contributed by atoms with Crippen molar-refractivity contribution in [3.8, 4) is 6.07 Å². The van der Waals surface area contributed by atoms with Gasteiger partial charge in [-0.15, -0.1) is 0 Å². The van der Waals surface area contributed by atoms with Crippen LogP contribution in [0, 0.1) is 17.1 Å². The van der Waals surface area contributed by atoms with Gasteiger partial charge in [0, 0.05) is 25.2 Å². The van der Waals surface area contributed by atoms with Gasteiger partial charge in [-0.25, -0.2) is 4.39 Å². The summed E-state index contributed by atoms with van der Waals surface area (Å²) < 4.78 is 14.0. The highest BCUT2D eigenvalue weighted by molar-refractivity contribution is 5.49. The van der Waals surface area contributed by atoms with Crippen LogP contribution in [0.25, 0.3) is 0 Å². The fourth-order valence-electron chi connectivity index (χ4n) is 3.81. The number of hydrogen-bond acceptors (Lipinski definition) is 4. The quantitative estimate of drug-likeness (QED) is 0.900. The van der Waals surface area contributed by atoms with Crippen LogP contribution in [0.1, 0.15) is 44.1 Å². The highest BCUT2D eigenvalue weighted by Crippen LogP contribution is 2.27. The molecule has 2 N–H and O–H groups in total. The first-order valence-corrected chi connectivity index (χ1v) is 8.55. The zero-order chi connectivity index (χ0) is 16.2. The molecule has 4 nitrogen and oxygen atoms in total. The molecule has 1 saturated heterocycles. The van der Waals surface area contributed by atoms with Crippen LogP contribution in [0.5, 0.6) is 0 Å². The van der Waals surface area contributed by atoms with E-state index in [9.17, 15) is 9.50 Å². The summed E-state index contributed by atoms with van der Waals surface area (Å²) in [6.45, 7) is 1.88. The third-order valence-electron chi connectivity index (χ3n) is 5.15. The molecule has 23 heavy (non-hydrogen) atoms. The molecule has 1 aliphatic heterocycles. The minimum absolute atomic E-state index is 0.191. The normalized spacial score (nSPS) is 26.7. The van der Waals surface area contributed by atoms with Crippen molar-refractivity contribution in [3.63, 3.8) is 0 Å². The number of rotatable bonds is 3. The Bertz CT molecular complexity index is 578. The number of benzene rings is 1. The summed E-state index contributed by atoms with van der Waals surface area (Å²) in [7, 11) is 0. The number of aliphatic hydroxyl groups excluding tert-OH is 1. The van der Waals surface area contributed by atoms with Gasteiger partial charge in [-0.2, -0.15) is 5.26 Å². The van der Waals surface area contributed by atoms with Crippen LogP contribution < -0.4 is 5.32 Å². The van der Waals surface area contributed by atoms with E-state index >= 15 is 0 Å². The summed E-state index contributed by atoms with van der Waals surface area (Å²) in [5.74, 6) is -0.366. The van der Waals surface area contributed by atoms with Gasteiger partial charge in [0.25, 0.3) is 0 Å². The van der Waals surface area contributed by atoms with Gasteiger partial charge in [0.15, 0.2) is 0 Å². The number of likely N-dealkylation sites (tertiary alicyclic amines) is 1. The van der Waals surface area contributed by atoms with Crippen molar-refractivity contribution < 1.29 is 9.50 Å². The predicted molar refractivity (Wildman–Crippen MR) is 87.6 cm³/mol. The maximum absolute atomic E-state index is 14.0. The van der Waals surface area contributed by atoms with Crippen LogP contribution in [-0.2, 0) is 0 Å². The molecule has 2 unspecified atom stereocenters. The molecule has 1 aliphatic carbocycles. The molecule has 5 heteroatoms. The molecule has 2 fully saturated rings. The summed E-state index contributed by atoms with van der Waals surface area (Å²) >= 11 is 0. The van der Waals surface area contributed by atoms with Gasteiger partial charge in [0.2, 0.25) is 0 Å². The number of halogens is 1. The second-order valence-electron chi connectivity index (χ2n) is 6.68. The molecule has 1 aromatic rings. The Labute approximate surface area is 136 Å². The second kappa shape index (κ2) is 7.29. The molecule has 2 atom stereocenters. The van der Waals surface area contributed by atoms with Crippen LogP contribution in [-0.4, -0.2) is 41.3 Å². The lowest BCUT2D eigenvalue weighted by Crippen LogP contribution is -2.50. The lowest BCUT2D eigenvalue weighted by molar-refractivity contribution is 0.00993. The molecular formula is C18H24FN3O. The molecular weight excluding hydrogens is 293 g/mol. The van der Waals surface area contributed by atoms with Crippen molar-refractivity contribution in [1.82, 2.24) is 4.90 Å². The number of nitriles is 1. The van der Waals surface area contributed by atoms with Gasteiger partial charge in [-0.05, 0) is 43.9 Å². The molecule has 1 heterocycles. The van der Waals surface area contributed by atoms with Gasteiger partial charge >= 0.3 is 0 Å². The topological polar surface area (TPSA) is 59.3 Å². The molecule has 2 aliphatic rings. The zero-order valence-corrected chi connectivity index (χ0v) is 13.3. The maximum Gasteiger partial charge on any atom is 0.147 e. The maximum atomic E-state index is 14.0. The Morgan fingerprint density at radius 2 is 1.91 bits per heavy atom. The van der Waals surface area contributed by atoms with Crippen molar-refractivity contribution in [1.29, 1.82) is 5.26 Å². The van der Waals surface area contributed by atoms with Gasteiger partial charge < -0.3 is 10.4 Å². The average molecular weight is 317 g/mol.